The number of anilines is 1. The fourth-order valence-electron chi connectivity index (χ4n) is 3.52. The van der Waals surface area contributed by atoms with E-state index in [1.54, 1.807) is 23.9 Å². The van der Waals surface area contributed by atoms with E-state index in [9.17, 15) is 9.59 Å². The van der Waals surface area contributed by atoms with Crippen LogP contribution in [0.5, 0.6) is 0 Å². The van der Waals surface area contributed by atoms with Gasteiger partial charge in [0.1, 0.15) is 5.82 Å². The number of halogens is 1. The Bertz CT molecular complexity index is 1340. The molecule has 33 heavy (non-hydrogen) atoms. The second-order valence-electron chi connectivity index (χ2n) is 7.57. The summed E-state index contributed by atoms with van der Waals surface area (Å²) < 4.78 is 1.65. The van der Waals surface area contributed by atoms with E-state index in [0.29, 0.717) is 22.8 Å². The molecule has 1 aromatic carbocycles. The predicted octanol–water partition coefficient (Wildman–Crippen LogP) is 4.16. The fraction of sp³-hybridized carbons (Fsp3) is 0.174. The molecule has 0 saturated heterocycles. The highest BCUT2D eigenvalue weighted by molar-refractivity contribution is 6.31. The van der Waals surface area contributed by atoms with E-state index in [1.165, 1.54) is 6.20 Å². The third-order valence-electron chi connectivity index (χ3n) is 5.15. The van der Waals surface area contributed by atoms with Gasteiger partial charge in [0.15, 0.2) is 0 Å². The van der Waals surface area contributed by atoms with E-state index >= 15 is 0 Å². The van der Waals surface area contributed by atoms with Crippen LogP contribution in [0.4, 0.5) is 10.6 Å². The van der Waals surface area contributed by atoms with Crippen LogP contribution in [0.2, 0.25) is 5.02 Å². The number of carboxylic acid groups (broad SMARTS) is 1. The van der Waals surface area contributed by atoms with Crippen LogP contribution in [0.1, 0.15) is 32.9 Å². The van der Waals surface area contributed by atoms with Gasteiger partial charge in [-0.3, -0.25) is 19.8 Å². The van der Waals surface area contributed by atoms with E-state index < -0.39 is 6.09 Å². The normalized spacial score (nSPS) is 10.9. The molecule has 0 aliphatic heterocycles. The van der Waals surface area contributed by atoms with E-state index in [0.717, 1.165) is 27.7 Å². The predicted molar refractivity (Wildman–Crippen MR) is 125 cm³/mol. The Morgan fingerprint density at radius 1 is 1.12 bits per heavy atom. The maximum atomic E-state index is 12.6. The molecule has 4 aromatic rings. The Hall–Kier alpha value is -3.98. The van der Waals surface area contributed by atoms with Gasteiger partial charge in [-0.15, -0.1) is 0 Å². The highest BCUT2D eigenvalue weighted by Gasteiger charge is 2.13. The maximum absolute atomic E-state index is 12.6. The highest BCUT2D eigenvalue weighted by Crippen LogP contribution is 2.19. The molecule has 4 rings (SSSR count). The van der Waals surface area contributed by atoms with Crippen molar-refractivity contribution in [2.24, 2.45) is 0 Å². The molecule has 168 valence electrons. The molecular formula is C23H21ClN6O3. The van der Waals surface area contributed by atoms with Crippen molar-refractivity contribution in [3.05, 3.63) is 81.9 Å². The van der Waals surface area contributed by atoms with Gasteiger partial charge in [0.2, 0.25) is 0 Å². The standard InChI is InChI=1S/C23H21ClN6O3/c1-13-7-21(29-23(32)33)27-14(2)19(13)10-25-22(31)16-9-26-30(11-16)12-18-6-4-15-3-5-17(24)8-20(15)28-18/h3-9,11H,10,12H2,1-2H3,(H,25,31)(H,27,29)(H,32,33). The number of hydrogen-bond acceptors (Lipinski definition) is 5. The van der Waals surface area contributed by atoms with Crippen LogP contribution in [0.3, 0.4) is 0 Å². The molecular weight excluding hydrogens is 444 g/mol. The first-order valence-electron chi connectivity index (χ1n) is 10.1. The summed E-state index contributed by atoms with van der Waals surface area (Å²) in [4.78, 5) is 32.3. The lowest BCUT2D eigenvalue weighted by molar-refractivity contribution is 0.0950. The molecule has 0 saturated carbocycles. The van der Waals surface area contributed by atoms with Crippen LogP contribution in [0, 0.1) is 13.8 Å². The summed E-state index contributed by atoms with van der Waals surface area (Å²) in [5.74, 6) is -0.0236. The molecule has 10 heteroatoms. The molecule has 3 heterocycles. The van der Waals surface area contributed by atoms with Crippen molar-refractivity contribution in [2.75, 3.05) is 5.32 Å². The zero-order valence-electron chi connectivity index (χ0n) is 18.0. The van der Waals surface area contributed by atoms with Gasteiger partial charge >= 0.3 is 6.09 Å². The minimum Gasteiger partial charge on any atom is -0.465 e. The van der Waals surface area contributed by atoms with E-state index in [1.807, 2.05) is 37.3 Å². The van der Waals surface area contributed by atoms with Gasteiger partial charge < -0.3 is 10.4 Å². The van der Waals surface area contributed by atoms with E-state index in [2.05, 4.69) is 25.7 Å². The number of carbonyl (C=O) groups is 2. The number of benzene rings is 1. The van der Waals surface area contributed by atoms with Gasteiger partial charge in [0, 0.05) is 28.8 Å². The number of amides is 2. The largest absolute Gasteiger partial charge is 0.465 e. The van der Waals surface area contributed by atoms with Crippen LogP contribution >= 0.6 is 11.6 Å². The molecule has 0 spiro atoms. The lowest BCUT2D eigenvalue weighted by Crippen LogP contribution is -2.24. The summed E-state index contributed by atoms with van der Waals surface area (Å²) in [5, 5.41) is 19.8. The number of hydrogen-bond donors (Lipinski definition) is 3. The number of nitrogens with zero attached hydrogens (tertiary/aromatic N) is 4. The van der Waals surface area contributed by atoms with Gasteiger partial charge in [-0.1, -0.05) is 23.7 Å². The maximum Gasteiger partial charge on any atom is 0.410 e. The minimum atomic E-state index is -1.18. The minimum absolute atomic E-state index is 0.249. The topological polar surface area (TPSA) is 122 Å². The smallest absolute Gasteiger partial charge is 0.410 e. The second kappa shape index (κ2) is 9.25. The van der Waals surface area contributed by atoms with Crippen LogP contribution in [-0.4, -0.2) is 36.9 Å². The summed E-state index contributed by atoms with van der Waals surface area (Å²) in [6.07, 6.45) is 1.99. The number of fused-ring (bicyclic) bond motifs is 1. The highest BCUT2D eigenvalue weighted by atomic mass is 35.5. The second-order valence-corrected chi connectivity index (χ2v) is 8.00. The van der Waals surface area contributed by atoms with Gasteiger partial charge in [-0.2, -0.15) is 5.10 Å². The van der Waals surface area contributed by atoms with Crippen LogP contribution in [0.25, 0.3) is 10.9 Å². The molecule has 0 aliphatic rings. The van der Waals surface area contributed by atoms with Gasteiger partial charge in [-0.05, 0) is 49.2 Å². The van der Waals surface area contributed by atoms with Crippen molar-refractivity contribution in [3.63, 3.8) is 0 Å². The summed E-state index contributed by atoms with van der Waals surface area (Å²) in [6, 6.07) is 11.1. The Balaban J connectivity index is 1.42. The van der Waals surface area contributed by atoms with Crippen molar-refractivity contribution in [2.45, 2.75) is 26.9 Å². The van der Waals surface area contributed by atoms with E-state index in [-0.39, 0.29) is 18.3 Å². The SMILES string of the molecule is Cc1cc(NC(=O)O)nc(C)c1CNC(=O)c1cnn(Cc2ccc3ccc(Cl)cc3n2)c1. The van der Waals surface area contributed by atoms with Crippen molar-refractivity contribution in [3.8, 4) is 0 Å². The van der Waals surface area contributed by atoms with Crippen molar-refractivity contribution in [1.82, 2.24) is 25.1 Å². The summed E-state index contributed by atoms with van der Waals surface area (Å²) >= 11 is 6.06. The molecule has 0 fully saturated rings. The molecule has 0 atom stereocenters. The molecule has 2 amide bonds. The average molecular weight is 465 g/mol. The molecule has 0 bridgehead atoms. The van der Waals surface area contributed by atoms with Crippen molar-refractivity contribution in [1.29, 1.82) is 0 Å². The fourth-order valence-corrected chi connectivity index (χ4v) is 3.69. The molecule has 9 nitrogen and oxygen atoms in total. The lowest BCUT2D eigenvalue weighted by Gasteiger charge is -2.12. The van der Waals surface area contributed by atoms with Gasteiger partial charge in [0.25, 0.3) is 5.91 Å². The van der Waals surface area contributed by atoms with Crippen molar-refractivity contribution >= 4 is 40.3 Å². The molecule has 0 aliphatic carbocycles. The van der Waals surface area contributed by atoms with Gasteiger partial charge in [-0.25, -0.2) is 9.78 Å². The zero-order chi connectivity index (χ0) is 23.5. The van der Waals surface area contributed by atoms with Crippen LogP contribution in [0.15, 0.2) is 48.8 Å². The Labute approximate surface area is 194 Å². The quantitative estimate of drug-likeness (QED) is 0.393. The summed E-state index contributed by atoms with van der Waals surface area (Å²) in [6.45, 7) is 4.28. The van der Waals surface area contributed by atoms with Crippen LogP contribution < -0.4 is 10.6 Å². The third kappa shape index (κ3) is 5.27. The third-order valence-corrected chi connectivity index (χ3v) is 5.38. The van der Waals surface area contributed by atoms with Crippen LogP contribution in [-0.2, 0) is 13.1 Å². The van der Waals surface area contributed by atoms with Crippen molar-refractivity contribution < 1.29 is 14.7 Å². The molecule has 3 N–H and O–H groups in total. The molecule has 3 aromatic heterocycles. The average Bonchev–Trinajstić information content (AvgIpc) is 3.21. The number of carbonyl (C=O) groups excluding carboxylic acids is 1. The first kappa shape index (κ1) is 22.2. The monoisotopic (exact) mass is 464 g/mol. The molecule has 0 unspecified atom stereocenters. The zero-order valence-corrected chi connectivity index (χ0v) is 18.7. The lowest BCUT2D eigenvalue weighted by atomic mass is 10.1. The van der Waals surface area contributed by atoms with E-state index in [4.69, 9.17) is 16.7 Å². The summed E-state index contributed by atoms with van der Waals surface area (Å²) in [5.41, 5.74) is 4.31. The number of nitrogens with one attached hydrogen (secondary N) is 2. The summed E-state index contributed by atoms with van der Waals surface area (Å²) in [7, 11) is 0. The number of aromatic nitrogens is 4. The number of aryl methyl sites for hydroxylation is 2. The number of pyridine rings is 2. The van der Waals surface area contributed by atoms with Gasteiger partial charge in [0.05, 0.1) is 29.5 Å². The first-order chi connectivity index (χ1) is 15.8. The Morgan fingerprint density at radius 2 is 1.91 bits per heavy atom. The Morgan fingerprint density at radius 3 is 2.67 bits per heavy atom. The first-order valence-corrected chi connectivity index (χ1v) is 10.5. The molecule has 0 radical (unpaired) electrons. The Kier molecular flexibility index (Phi) is 6.23. The number of rotatable bonds is 6.